The topological polar surface area (TPSA) is 78.9 Å². The van der Waals surface area contributed by atoms with Gasteiger partial charge in [0.2, 0.25) is 0 Å². The molecule has 1 saturated heterocycles. The number of esters is 3. The lowest BCUT2D eigenvalue weighted by Gasteiger charge is -2.28. The maximum atomic E-state index is 12.4. The zero-order chi connectivity index (χ0) is 21.0. The maximum Gasteiger partial charge on any atom is 0.334 e. The number of rotatable bonds is 3. The SMILES string of the molecule is C=C1C(=O)O[C@@H]2/C=C(\C)C[C@@H](OC(C)=O)/C=C(\C)C[C@@H](OC(=O)/C(C)=C\C)[C@@H]12. The van der Waals surface area contributed by atoms with Crippen LogP contribution in [0.25, 0.3) is 0 Å². The highest BCUT2D eigenvalue weighted by Gasteiger charge is 2.44. The van der Waals surface area contributed by atoms with E-state index in [1.807, 2.05) is 26.0 Å². The molecule has 4 atom stereocenters. The van der Waals surface area contributed by atoms with E-state index in [2.05, 4.69) is 6.58 Å². The van der Waals surface area contributed by atoms with Gasteiger partial charge in [-0.05, 0) is 39.8 Å². The van der Waals surface area contributed by atoms with Gasteiger partial charge < -0.3 is 14.2 Å². The lowest BCUT2D eigenvalue weighted by Crippen LogP contribution is -2.34. The van der Waals surface area contributed by atoms with Crippen molar-refractivity contribution in [2.75, 3.05) is 0 Å². The van der Waals surface area contributed by atoms with Gasteiger partial charge in [-0.25, -0.2) is 9.59 Å². The van der Waals surface area contributed by atoms with E-state index in [-0.39, 0.29) is 5.97 Å². The van der Waals surface area contributed by atoms with Crippen LogP contribution in [-0.4, -0.2) is 36.2 Å². The van der Waals surface area contributed by atoms with Crippen LogP contribution in [0.15, 0.2) is 47.1 Å². The Hall–Kier alpha value is -2.63. The number of carbonyl (C=O) groups excluding carboxylic acids is 3. The van der Waals surface area contributed by atoms with Crippen molar-refractivity contribution < 1.29 is 28.6 Å². The predicted octanol–water partition coefficient (Wildman–Crippen LogP) is 3.58. The van der Waals surface area contributed by atoms with Crippen molar-refractivity contribution in [3.8, 4) is 0 Å². The number of carbonyl (C=O) groups is 3. The van der Waals surface area contributed by atoms with E-state index < -0.39 is 36.2 Å². The molecule has 0 aromatic heterocycles. The first kappa shape index (κ1) is 21.7. The van der Waals surface area contributed by atoms with Crippen molar-refractivity contribution in [3.05, 3.63) is 47.1 Å². The summed E-state index contributed by atoms with van der Waals surface area (Å²) in [4.78, 5) is 36.0. The van der Waals surface area contributed by atoms with Crippen molar-refractivity contribution in [3.63, 3.8) is 0 Å². The number of ether oxygens (including phenoxy) is 3. The van der Waals surface area contributed by atoms with Gasteiger partial charge >= 0.3 is 17.9 Å². The van der Waals surface area contributed by atoms with Crippen LogP contribution in [0.3, 0.4) is 0 Å². The van der Waals surface area contributed by atoms with Gasteiger partial charge in [0.05, 0.1) is 5.92 Å². The highest BCUT2D eigenvalue weighted by molar-refractivity contribution is 5.92. The highest BCUT2D eigenvalue weighted by Crippen LogP contribution is 2.36. The smallest absolute Gasteiger partial charge is 0.334 e. The molecule has 1 fully saturated rings. The molecule has 0 aromatic carbocycles. The quantitative estimate of drug-likeness (QED) is 0.318. The van der Waals surface area contributed by atoms with Gasteiger partial charge in [-0.2, -0.15) is 0 Å². The largest absolute Gasteiger partial charge is 0.458 e. The molecule has 0 spiro atoms. The van der Waals surface area contributed by atoms with Gasteiger partial charge in [0.1, 0.15) is 18.3 Å². The Kier molecular flexibility index (Phi) is 7.00. The second-order valence-electron chi connectivity index (χ2n) is 7.42. The first-order valence-electron chi connectivity index (χ1n) is 9.37. The molecule has 0 radical (unpaired) electrons. The normalized spacial score (nSPS) is 32.2. The monoisotopic (exact) mass is 388 g/mol. The second kappa shape index (κ2) is 9.04. The molecule has 1 aliphatic carbocycles. The molecule has 0 aromatic rings. The lowest BCUT2D eigenvalue weighted by atomic mass is 9.85. The predicted molar refractivity (Wildman–Crippen MR) is 104 cm³/mol. The Balaban J connectivity index is 2.44. The average Bonchev–Trinajstić information content (AvgIpc) is 2.85. The minimum atomic E-state index is -0.622. The third kappa shape index (κ3) is 5.21. The third-order valence-electron chi connectivity index (χ3n) is 4.96. The summed E-state index contributed by atoms with van der Waals surface area (Å²) >= 11 is 0. The van der Waals surface area contributed by atoms with E-state index in [9.17, 15) is 14.4 Å². The van der Waals surface area contributed by atoms with Crippen molar-refractivity contribution in [1.29, 1.82) is 0 Å². The van der Waals surface area contributed by atoms with E-state index in [1.165, 1.54) is 6.92 Å². The molecule has 0 bridgehead atoms. The molecule has 1 heterocycles. The molecule has 28 heavy (non-hydrogen) atoms. The van der Waals surface area contributed by atoms with Gasteiger partial charge in [0.25, 0.3) is 0 Å². The molecule has 6 heteroatoms. The van der Waals surface area contributed by atoms with Crippen LogP contribution in [-0.2, 0) is 28.6 Å². The Morgan fingerprint density at radius 2 is 1.79 bits per heavy atom. The Morgan fingerprint density at radius 1 is 1.14 bits per heavy atom. The fraction of sp³-hybridized carbons (Fsp3) is 0.500. The first-order valence-corrected chi connectivity index (χ1v) is 9.37. The molecule has 0 amide bonds. The number of hydrogen-bond donors (Lipinski definition) is 0. The number of fused-ring (bicyclic) bond motifs is 1. The van der Waals surface area contributed by atoms with E-state index in [4.69, 9.17) is 14.2 Å². The van der Waals surface area contributed by atoms with Crippen LogP contribution in [0.4, 0.5) is 0 Å². The molecule has 6 nitrogen and oxygen atoms in total. The summed E-state index contributed by atoms with van der Waals surface area (Å²) in [6.45, 7) is 12.4. The molecule has 0 N–H and O–H groups in total. The molecule has 0 unspecified atom stereocenters. The summed E-state index contributed by atoms with van der Waals surface area (Å²) in [5.41, 5.74) is 2.58. The third-order valence-corrected chi connectivity index (χ3v) is 4.96. The van der Waals surface area contributed by atoms with Crippen LogP contribution in [0.5, 0.6) is 0 Å². The minimum Gasteiger partial charge on any atom is -0.458 e. The first-order chi connectivity index (χ1) is 13.1. The maximum absolute atomic E-state index is 12.4. The van der Waals surface area contributed by atoms with Gasteiger partial charge in [0, 0.05) is 30.9 Å². The Bertz CT molecular complexity index is 770. The standard InChI is InChI=1S/C22H28O6/c1-7-14(4)21(24)27-18-10-12(2)8-17(26-16(6)23)9-13(3)11-19-20(18)15(5)22(25)28-19/h7-8,11,17-20H,5,9-10H2,1-4,6H3/b12-8+,13-11+,14-7-/t17-,18+,19+,20+/m0/s1. The summed E-state index contributed by atoms with van der Waals surface area (Å²) in [7, 11) is 0. The Morgan fingerprint density at radius 3 is 2.39 bits per heavy atom. The van der Waals surface area contributed by atoms with Crippen LogP contribution in [0.1, 0.15) is 47.5 Å². The molecule has 152 valence electrons. The lowest BCUT2D eigenvalue weighted by molar-refractivity contribution is -0.147. The van der Waals surface area contributed by atoms with Crippen molar-refractivity contribution in [2.24, 2.45) is 5.92 Å². The zero-order valence-corrected chi connectivity index (χ0v) is 17.1. The van der Waals surface area contributed by atoms with E-state index in [1.54, 1.807) is 19.9 Å². The van der Waals surface area contributed by atoms with Crippen molar-refractivity contribution in [2.45, 2.75) is 65.8 Å². The highest BCUT2D eigenvalue weighted by atomic mass is 16.6. The average molecular weight is 388 g/mol. The van der Waals surface area contributed by atoms with Gasteiger partial charge in [0.15, 0.2) is 0 Å². The van der Waals surface area contributed by atoms with Crippen molar-refractivity contribution in [1.82, 2.24) is 0 Å². The Labute approximate surface area is 165 Å². The fourth-order valence-electron chi connectivity index (χ4n) is 3.49. The van der Waals surface area contributed by atoms with Gasteiger partial charge in [-0.3, -0.25) is 4.79 Å². The molecule has 0 saturated carbocycles. The molecular weight excluding hydrogens is 360 g/mol. The summed E-state index contributed by atoms with van der Waals surface area (Å²) in [6, 6.07) is 0. The molecular formula is C22H28O6. The fourth-order valence-corrected chi connectivity index (χ4v) is 3.49. The molecule has 2 rings (SSSR count). The van der Waals surface area contributed by atoms with Crippen LogP contribution in [0.2, 0.25) is 0 Å². The number of hydrogen-bond acceptors (Lipinski definition) is 6. The van der Waals surface area contributed by atoms with Crippen molar-refractivity contribution >= 4 is 17.9 Å². The molecule has 1 aliphatic heterocycles. The van der Waals surface area contributed by atoms with Gasteiger partial charge in [-0.15, -0.1) is 0 Å². The van der Waals surface area contributed by atoms with E-state index in [0.717, 1.165) is 11.1 Å². The summed E-state index contributed by atoms with van der Waals surface area (Å²) in [5.74, 6) is -1.77. The second-order valence-corrected chi connectivity index (χ2v) is 7.42. The summed E-state index contributed by atoms with van der Waals surface area (Å²) in [6.07, 6.45) is 4.61. The minimum absolute atomic E-state index is 0.301. The van der Waals surface area contributed by atoms with Crippen LogP contribution >= 0.6 is 0 Å². The zero-order valence-electron chi connectivity index (χ0n) is 17.1. The van der Waals surface area contributed by atoms with E-state index >= 15 is 0 Å². The summed E-state index contributed by atoms with van der Waals surface area (Å²) < 4.78 is 16.6. The number of allylic oxidation sites excluding steroid dienone is 1. The molecule has 2 aliphatic rings. The van der Waals surface area contributed by atoms with Gasteiger partial charge in [-0.1, -0.05) is 23.8 Å². The van der Waals surface area contributed by atoms with E-state index in [0.29, 0.717) is 24.0 Å². The summed E-state index contributed by atoms with van der Waals surface area (Å²) in [5, 5.41) is 0. The van der Waals surface area contributed by atoms with Crippen LogP contribution in [0, 0.1) is 5.92 Å². The van der Waals surface area contributed by atoms with Crippen LogP contribution < -0.4 is 0 Å².